The van der Waals surface area contributed by atoms with Gasteiger partial charge in [0.05, 0.1) is 6.04 Å². The van der Waals surface area contributed by atoms with E-state index in [1.807, 2.05) is 48.5 Å². The monoisotopic (exact) mass is 338 g/mol. The molecule has 1 aliphatic heterocycles. The van der Waals surface area contributed by atoms with Crippen molar-refractivity contribution in [3.05, 3.63) is 71.8 Å². The number of carbonyl (C=O) groups is 1. The summed E-state index contributed by atoms with van der Waals surface area (Å²) in [6, 6.07) is 19.9. The van der Waals surface area contributed by atoms with Crippen molar-refractivity contribution in [1.29, 1.82) is 0 Å². The molecule has 4 nitrogen and oxygen atoms in total. The third kappa shape index (κ3) is 5.41. The van der Waals surface area contributed by atoms with Crippen LogP contribution in [0.25, 0.3) is 0 Å². The molecule has 1 amide bonds. The molecule has 1 fully saturated rings. The lowest BCUT2D eigenvalue weighted by Gasteiger charge is -2.34. The van der Waals surface area contributed by atoms with Crippen LogP contribution < -0.4 is 11.1 Å². The van der Waals surface area contributed by atoms with Crippen LogP contribution in [0.2, 0.25) is 0 Å². The molecular weight excluding hydrogens is 310 g/mol. The number of benzene rings is 2. The summed E-state index contributed by atoms with van der Waals surface area (Å²) in [7, 11) is 0. The molecule has 2 aromatic rings. The van der Waals surface area contributed by atoms with Gasteiger partial charge in [0.25, 0.3) is 0 Å². The fourth-order valence-electron chi connectivity index (χ4n) is 3.30. The predicted octanol–water partition coefficient (Wildman–Crippen LogP) is 2.34. The number of amides is 1. The second kappa shape index (κ2) is 8.79. The summed E-state index contributed by atoms with van der Waals surface area (Å²) in [6.07, 6.45) is 2.20. The Bertz CT molecular complexity index is 695. The van der Waals surface area contributed by atoms with Gasteiger partial charge >= 0.3 is 0 Å². The summed E-state index contributed by atoms with van der Waals surface area (Å²) >= 11 is 0. The van der Waals surface area contributed by atoms with E-state index in [0.717, 1.165) is 25.1 Å². The molecule has 3 atom stereocenters. The molecule has 3 N–H and O–H groups in total. The van der Waals surface area contributed by atoms with Gasteiger partial charge in [0.1, 0.15) is 0 Å². The minimum Gasteiger partial charge on any atom is -0.368 e. The quantitative estimate of drug-likeness (QED) is 0.815. The van der Waals surface area contributed by atoms with E-state index in [-0.39, 0.29) is 18.5 Å². The van der Waals surface area contributed by atoms with E-state index in [4.69, 9.17) is 7.10 Å². The fraction of sp³-hybridized carbons (Fsp3) is 0.381. The zero-order valence-electron chi connectivity index (χ0n) is 15.5. The Morgan fingerprint density at radius 2 is 1.76 bits per heavy atom. The van der Waals surface area contributed by atoms with Gasteiger partial charge in [0.15, 0.2) is 0 Å². The van der Waals surface area contributed by atoms with Crippen molar-refractivity contribution in [3.63, 3.8) is 0 Å². The van der Waals surface area contributed by atoms with Gasteiger partial charge in [0, 0.05) is 14.0 Å². The van der Waals surface area contributed by atoms with Crippen molar-refractivity contribution in [1.82, 2.24) is 10.2 Å². The Balaban J connectivity index is 1.54. The minimum absolute atomic E-state index is 0.144. The van der Waals surface area contributed by atoms with Crippen molar-refractivity contribution in [2.45, 2.75) is 37.9 Å². The molecule has 2 unspecified atom stereocenters. The van der Waals surface area contributed by atoms with Crippen molar-refractivity contribution < 1.29 is 6.17 Å². The van der Waals surface area contributed by atoms with E-state index < -0.39 is 6.04 Å². The van der Waals surface area contributed by atoms with Crippen LogP contribution in [0.4, 0.5) is 0 Å². The van der Waals surface area contributed by atoms with Crippen LogP contribution in [0.3, 0.4) is 0 Å². The molecule has 1 saturated heterocycles. The first-order valence-corrected chi connectivity index (χ1v) is 8.91. The van der Waals surface area contributed by atoms with Crippen LogP contribution in [0.15, 0.2) is 60.7 Å². The van der Waals surface area contributed by atoms with Crippen molar-refractivity contribution >= 4 is 5.91 Å². The van der Waals surface area contributed by atoms with Crippen LogP contribution in [0.5, 0.6) is 0 Å². The lowest BCUT2D eigenvalue weighted by atomic mass is 10.00. The highest BCUT2D eigenvalue weighted by molar-refractivity contribution is 5.80. The summed E-state index contributed by atoms with van der Waals surface area (Å²) in [5.41, 5.74) is 7.93. The minimum atomic E-state index is -0.393. The van der Waals surface area contributed by atoms with Crippen LogP contribution in [0, 0.1) is 0 Å². The van der Waals surface area contributed by atoms with E-state index in [9.17, 15) is 4.79 Å². The Kier molecular flexibility index (Phi) is 5.73. The van der Waals surface area contributed by atoms with E-state index in [0.29, 0.717) is 12.8 Å². The molecule has 3 rings (SSSR count). The van der Waals surface area contributed by atoms with Crippen molar-refractivity contribution in [3.8, 4) is 0 Å². The topological polar surface area (TPSA) is 58.4 Å². The van der Waals surface area contributed by atoms with Crippen molar-refractivity contribution in [2.75, 3.05) is 13.1 Å². The Labute approximate surface area is 151 Å². The Morgan fingerprint density at radius 3 is 2.36 bits per heavy atom. The summed E-state index contributed by atoms with van der Waals surface area (Å²) in [5, 5.41) is 3.40. The number of nitrogens with one attached hydrogen (secondary N) is 1. The SMILES string of the molecule is [2H]C1CC(N[C@@H](Cc2ccccc2)C(N)=O)CCN1Cc1ccccc1. The van der Waals surface area contributed by atoms with E-state index in [1.165, 1.54) is 5.56 Å². The van der Waals surface area contributed by atoms with Crippen LogP contribution in [-0.2, 0) is 17.8 Å². The van der Waals surface area contributed by atoms with E-state index in [1.54, 1.807) is 0 Å². The molecule has 0 radical (unpaired) electrons. The smallest absolute Gasteiger partial charge is 0.234 e. The maximum atomic E-state index is 11.9. The third-order valence-electron chi connectivity index (χ3n) is 4.70. The highest BCUT2D eigenvalue weighted by Gasteiger charge is 2.24. The number of carbonyl (C=O) groups excluding carboxylic acids is 1. The number of hydrogen-bond donors (Lipinski definition) is 2. The number of nitrogens with two attached hydrogens (primary N) is 1. The average molecular weight is 338 g/mol. The number of likely N-dealkylation sites (tertiary alicyclic amines) is 1. The maximum Gasteiger partial charge on any atom is 0.234 e. The van der Waals surface area contributed by atoms with Crippen molar-refractivity contribution in [2.24, 2.45) is 5.73 Å². The predicted molar refractivity (Wildman–Crippen MR) is 101 cm³/mol. The molecule has 0 aliphatic carbocycles. The summed E-state index contributed by atoms with van der Waals surface area (Å²) < 4.78 is 8.45. The molecule has 0 spiro atoms. The van der Waals surface area contributed by atoms with Gasteiger partial charge in [-0.1, -0.05) is 60.7 Å². The van der Waals surface area contributed by atoms with E-state index in [2.05, 4.69) is 22.3 Å². The first-order chi connectivity index (χ1) is 12.6. The second-order valence-corrected chi connectivity index (χ2v) is 6.67. The Hall–Kier alpha value is -2.17. The summed E-state index contributed by atoms with van der Waals surface area (Å²) in [4.78, 5) is 14.1. The lowest BCUT2D eigenvalue weighted by Crippen LogP contribution is -2.51. The molecule has 1 heterocycles. The molecule has 0 bridgehead atoms. The van der Waals surface area contributed by atoms with Gasteiger partial charge in [-0.05, 0) is 43.5 Å². The normalized spacial score (nSPS) is 23.0. The number of hydrogen-bond acceptors (Lipinski definition) is 3. The van der Waals surface area contributed by atoms with Gasteiger partial charge in [-0.15, -0.1) is 0 Å². The summed E-state index contributed by atoms with van der Waals surface area (Å²) in [5.74, 6) is -0.331. The molecule has 2 aromatic carbocycles. The molecular formula is C21H27N3O. The highest BCUT2D eigenvalue weighted by Crippen LogP contribution is 2.15. The number of piperidine rings is 1. The number of primary amides is 1. The zero-order valence-corrected chi connectivity index (χ0v) is 14.5. The average Bonchev–Trinajstić information content (AvgIpc) is 2.65. The van der Waals surface area contributed by atoms with Gasteiger partial charge < -0.3 is 11.1 Å². The molecule has 0 aromatic heterocycles. The van der Waals surface area contributed by atoms with Gasteiger partial charge in [-0.2, -0.15) is 0 Å². The second-order valence-electron chi connectivity index (χ2n) is 6.67. The number of rotatable bonds is 7. The fourth-order valence-corrected chi connectivity index (χ4v) is 3.30. The zero-order chi connectivity index (χ0) is 18.4. The molecule has 4 heteroatoms. The highest BCUT2D eigenvalue weighted by atomic mass is 16.1. The molecule has 0 saturated carbocycles. The maximum absolute atomic E-state index is 11.9. The largest absolute Gasteiger partial charge is 0.368 e. The standard InChI is InChI=1S/C21H27N3O/c22-21(25)20(15-17-7-3-1-4-8-17)23-19-11-13-24(14-12-19)16-18-9-5-2-6-10-18/h1-10,19-20,23H,11-16H2,(H2,22,25)/t20-/m0/s1/i13D/t13?,19?,20-. The van der Waals surface area contributed by atoms with E-state index >= 15 is 0 Å². The molecule has 132 valence electrons. The van der Waals surface area contributed by atoms with Crippen LogP contribution >= 0.6 is 0 Å². The van der Waals surface area contributed by atoms with Gasteiger partial charge in [0.2, 0.25) is 5.91 Å². The first-order valence-electron chi connectivity index (χ1n) is 9.49. The van der Waals surface area contributed by atoms with Crippen LogP contribution in [-0.4, -0.2) is 36.0 Å². The lowest BCUT2D eigenvalue weighted by molar-refractivity contribution is -0.120. The Morgan fingerprint density at radius 1 is 1.12 bits per heavy atom. The number of nitrogens with zero attached hydrogens (tertiary/aromatic N) is 1. The first kappa shape index (κ1) is 16.3. The van der Waals surface area contributed by atoms with Gasteiger partial charge in [-0.3, -0.25) is 9.69 Å². The van der Waals surface area contributed by atoms with Crippen LogP contribution in [0.1, 0.15) is 25.3 Å². The van der Waals surface area contributed by atoms with Gasteiger partial charge in [-0.25, -0.2) is 0 Å². The third-order valence-corrected chi connectivity index (χ3v) is 4.70. The summed E-state index contributed by atoms with van der Waals surface area (Å²) in [6.45, 7) is 1.37. The molecule has 25 heavy (non-hydrogen) atoms. The molecule has 1 aliphatic rings.